The average Bonchev–Trinajstić information content (AvgIpc) is 2.93. The summed E-state index contributed by atoms with van der Waals surface area (Å²) >= 11 is 0. The highest BCUT2D eigenvalue weighted by Gasteiger charge is 2.32. The van der Waals surface area contributed by atoms with Gasteiger partial charge < -0.3 is 15.0 Å². The lowest BCUT2D eigenvalue weighted by Gasteiger charge is -2.17. The lowest BCUT2D eigenvalue weighted by molar-refractivity contribution is 0.0988. The van der Waals surface area contributed by atoms with Crippen molar-refractivity contribution in [1.29, 1.82) is 0 Å². The van der Waals surface area contributed by atoms with Gasteiger partial charge >= 0.3 is 0 Å². The van der Waals surface area contributed by atoms with Crippen LogP contribution in [0, 0.1) is 0 Å². The Balaban J connectivity index is 2.28. The molecule has 2 N–H and O–H groups in total. The predicted molar refractivity (Wildman–Crippen MR) is 61.0 cm³/mol. The Labute approximate surface area is 96.0 Å². The van der Waals surface area contributed by atoms with Crippen LogP contribution in [0.4, 0.5) is 0 Å². The quantitative estimate of drug-likeness (QED) is 0.829. The van der Waals surface area contributed by atoms with Crippen LogP contribution in [0.3, 0.4) is 0 Å². The number of aromatic nitrogens is 3. The van der Waals surface area contributed by atoms with Crippen LogP contribution in [-0.4, -0.2) is 27.5 Å². The number of nitrogens with two attached hydrogens (primary N) is 1. The minimum Gasteiger partial charge on any atom is -0.377 e. The van der Waals surface area contributed by atoms with Gasteiger partial charge in [-0.05, 0) is 19.8 Å². The highest BCUT2D eigenvalue weighted by molar-refractivity contribution is 5.06. The van der Waals surface area contributed by atoms with Crippen molar-refractivity contribution in [2.45, 2.75) is 51.8 Å². The molecule has 16 heavy (non-hydrogen) atoms. The maximum Gasteiger partial charge on any atom is 0.146 e. The minimum absolute atomic E-state index is 0.292. The van der Waals surface area contributed by atoms with Gasteiger partial charge in [0.1, 0.15) is 11.6 Å². The molecule has 0 bridgehead atoms. The Kier molecular flexibility index (Phi) is 3.56. The number of rotatable bonds is 4. The van der Waals surface area contributed by atoms with Crippen molar-refractivity contribution in [1.82, 2.24) is 14.8 Å². The summed E-state index contributed by atoms with van der Waals surface area (Å²) in [6, 6.07) is 0. The monoisotopic (exact) mass is 224 g/mol. The molecule has 0 amide bonds. The van der Waals surface area contributed by atoms with Gasteiger partial charge in [-0.15, -0.1) is 10.2 Å². The van der Waals surface area contributed by atoms with Crippen LogP contribution in [0.5, 0.6) is 0 Å². The Bertz CT molecular complexity index is 350. The minimum atomic E-state index is 0.292. The van der Waals surface area contributed by atoms with E-state index in [-0.39, 0.29) is 0 Å². The topological polar surface area (TPSA) is 66.0 Å². The van der Waals surface area contributed by atoms with Gasteiger partial charge in [0.2, 0.25) is 0 Å². The fraction of sp³-hybridized carbons (Fsp3) is 0.818. The fourth-order valence-corrected chi connectivity index (χ4v) is 2.47. The molecule has 5 heteroatoms. The second-order valence-electron chi connectivity index (χ2n) is 4.14. The maximum atomic E-state index is 5.70. The molecule has 5 nitrogen and oxygen atoms in total. The predicted octanol–water partition coefficient (Wildman–Crippen LogP) is 1.04. The molecule has 1 fully saturated rings. The lowest BCUT2D eigenvalue weighted by Crippen LogP contribution is -2.18. The molecular formula is C11H20N4O. The normalized spacial score (nSPS) is 25.2. The van der Waals surface area contributed by atoms with Crippen molar-refractivity contribution >= 4 is 0 Å². The van der Waals surface area contributed by atoms with Crippen molar-refractivity contribution in [3.05, 3.63) is 11.6 Å². The van der Waals surface area contributed by atoms with E-state index < -0.39 is 0 Å². The van der Waals surface area contributed by atoms with Crippen LogP contribution in [0.15, 0.2) is 0 Å². The lowest BCUT2D eigenvalue weighted by atomic mass is 9.98. The Hall–Kier alpha value is -0.940. The number of hydrogen-bond acceptors (Lipinski definition) is 4. The van der Waals surface area contributed by atoms with E-state index in [1.54, 1.807) is 0 Å². The molecule has 2 rings (SSSR count). The highest BCUT2D eigenvalue weighted by atomic mass is 16.5. The van der Waals surface area contributed by atoms with Gasteiger partial charge in [0.15, 0.2) is 0 Å². The van der Waals surface area contributed by atoms with E-state index in [0.29, 0.717) is 18.6 Å². The standard InChI is InChI=1S/C11H20N4O/c1-3-9-8(5-6-16-9)11-14-13-10(7-12)15(11)4-2/h8-9H,3-7,12H2,1-2H3. The molecule has 1 aliphatic heterocycles. The van der Waals surface area contributed by atoms with Gasteiger partial charge in [0.25, 0.3) is 0 Å². The smallest absolute Gasteiger partial charge is 0.146 e. The Morgan fingerprint density at radius 1 is 1.44 bits per heavy atom. The van der Waals surface area contributed by atoms with E-state index in [0.717, 1.165) is 37.6 Å². The van der Waals surface area contributed by atoms with Crippen LogP contribution in [-0.2, 0) is 17.8 Å². The summed E-state index contributed by atoms with van der Waals surface area (Å²) in [5.41, 5.74) is 5.65. The van der Waals surface area contributed by atoms with Gasteiger partial charge in [-0.2, -0.15) is 0 Å². The maximum absolute atomic E-state index is 5.70. The summed E-state index contributed by atoms with van der Waals surface area (Å²) in [6.07, 6.45) is 2.36. The molecule has 0 spiro atoms. The molecule has 1 aromatic heterocycles. The van der Waals surface area contributed by atoms with Gasteiger partial charge in [0, 0.05) is 19.1 Å². The van der Waals surface area contributed by atoms with Crippen molar-refractivity contribution in [2.24, 2.45) is 5.73 Å². The summed E-state index contributed by atoms with van der Waals surface area (Å²) in [5.74, 6) is 2.31. The average molecular weight is 224 g/mol. The van der Waals surface area contributed by atoms with Crippen molar-refractivity contribution < 1.29 is 4.74 Å². The first-order valence-corrected chi connectivity index (χ1v) is 6.05. The van der Waals surface area contributed by atoms with Crippen LogP contribution in [0.25, 0.3) is 0 Å². The van der Waals surface area contributed by atoms with Crippen molar-refractivity contribution in [3.63, 3.8) is 0 Å². The summed E-state index contributed by atoms with van der Waals surface area (Å²) in [5, 5.41) is 8.44. The second kappa shape index (κ2) is 4.93. The summed E-state index contributed by atoms with van der Waals surface area (Å²) in [7, 11) is 0. The molecule has 1 aliphatic rings. The highest BCUT2D eigenvalue weighted by Crippen LogP contribution is 2.32. The van der Waals surface area contributed by atoms with Crippen LogP contribution < -0.4 is 5.73 Å². The van der Waals surface area contributed by atoms with E-state index >= 15 is 0 Å². The van der Waals surface area contributed by atoms with E-state index in [4.69, 9.17) is 10.5 Å². The summed E-state index contributed by atoms with van der Waals surface area (Å²) in [6.45, 7) is 6.41. The molecule has 0 saturated carbocycles. The molecular weight excluding hydrogens is 204 g/mol. The fourth-order valence-electron chi connectivity index (χ4n) is 2.47. The SMILES string of the molecule is CCC1OCCC1c1nnc(CN)n1CC. The van der Waals surface area contributed by atoms with Gasteiger partial charge in [-0.25, -0.2) is 0 Å². The summed E-state index contributed by atoms with van der Waals surface area (Å²) in [4.78, 5) is 0. The van der Waals surface area contributed by atoms with E-state index in [1.807, 2.05) is 0 Å². The van der Waals surface area contributed by atoms with Gasteiger partial charge in [0.05, 0.1) is 12.6 Å². The summed E-state index contributed by atoms with van der Waals surface area (Å²) < 4.78 is 7.83. The first-order valence-electron chi connectivity index (χ1n) is 6.05. The van der Waals surface area contributed by atoms with Crippen LogP contribution in [0.2, 0.25) is 0 Å². The molecule has 0 aromatic carbocycles. The van der Waals surface area contributed by atoms with E-state index in [9.17, 15) is 0 Å². The van der Waals surface area contributed by atoms with E-state index in [1.165, 1.54) is 0 Å². The Morgan fingerprint density at radius 3 is 2.88 bits per heavy atom. The molecule has 0 radical (unpaired) electrons. The molecule has 2 heterocycles. The first-order chi connectivity index (χ1) is 7.81. The second-order valence-corrected chi connectivity index (χ2v) is 4.14. The third-order valence-electron chi connectivity index (χ3n) is 3.30. The largest absolute Gasteiger partial charge is 0.377 e. The van der Waals surface area contributed by atoms with Crippen molar-refractivity contribution in [3.8, 4) is 0 Å². The molecule has 0 aliphatic carbocycles. The van der Waals surface area contributed by atoms with Gasteiger partial charge in [-0.3, -0.25) is 0 Å². The van der Waals surface area contributed by atoms with Gasteiger partial charge in [-0.1, -0.05) is 6.92 Å². The molecule has 2 unspecified atom stereocenters. The van der Waals surface area contributed by atoms with Crippen LogP contribution in [0.1, 0.15) is 44.3 Å². The molecule has 1 aromatic rings. The molecule has 2 atom stereocenters. The zero-order valence-corrected chi connectivity index (χ0v) is 10.0. The van der Waals surface area contributed by atoms with Crippen LogP contribution >= 0.6 is 0 Å². The molecule has 1 saturated heterocycles. The third kappa shape index (κ3) is 1.85. The molecule has 90 valence electrons. The zero-order chi connectivity index (χ0) is 11.5. The number of hydrogen-bond donors (Lipinski definition) is 1. The zero-order valence-electron chi connectivity index (χ0n) is 10.0. The Morgan fingerprint density at radius 2 is 2.25 bits per heavy atom. The number of nitrogens with zero attached hydrogens (tertiary/aromatic N) is 3. The van der Waals surface area contributed by atoms with Crippen molar-refractivity contribution in [2.75, 3.05) is 6.61 Å². The van der Waals surface area contributed by atoms with E-state index in [2.05, 4.69) is 28.6 Å². The third-order valence-corrected chi connectivity index (χ3v) is 3.30. The number of ether oxygens (including phenoxy) is 1. The first kappa shape index (κ1) is 11.5.